The van der Waals surface area contributed by atoms with Gasteiger partial charge < -0.3 is 14.8 Å². The van der Waals surface area contributed by atoms with Crippen LogP contribution in [0.1, 0.15) is 36.2 Å². The highest BCUT2D eigenvalue weighted by Gasteiger charge is 2.23. The largest absolute Gasteiger partial charge is 0.481 e. The molecule has 8 nitrogen and oxygen atoms in total. The Kier molecular flexibility index (Phi) is 5.05. The van der Waals surface area contributed by atoms with Gasteiger partial charge in [0.2, 0.25) is 11.8 Å². The van der Waals surface area contributed by atoms with Crippen LogP contribution in [0.5, 0.6) is 5.88 Å². The minimum atomic E-state index is -0.224. The Bertz CT molecular complexity index is 681. The first-order valence-electron chi connectivity index (χ1n) is 7.94. The van der Waals surface area contributed by atoms with E-state index in [2.05, 4.69) is 20.3 Å². The molecular weight excluding hydrogens is 310 g/mol. The lowest BCUT2D eigenvalue weighted by Crippen LogP contribution is -2.39. The van der Waals surface area contributed by atoms with Crippen molar-refractivity contribution in [3.05, 3.63) is 30.5 Å². The SMILES string of the molecule is COc1cc(C(=O)NC2CCC(OC)CC2)nc(-n2ccnc2)n1. The average molecular weight is 331 g/mol. The summed E-state index contributed by atoms with van der Waals surface area (Å²) in [5, 5.41) is 3.04. The summed E-state index contributed by atoms with van der Waals surface area (Å²) in [5.74, 6) is 0.458. The van der Waals surface area contributed by atoms with Gasteiger partial charge in [0.05, 0.1) is 13.2 Å². The van der Waals surface area contributed by atoms with Crippen molar-refractivity contribution in [2.45, 2.75) is 37.8 Å². The standard InChI is InChI=1S/C16H21N5O3/c1-23-12-5-3-11(4-6-12)18-15(22)13-9-14(24-2)20-16(19-13)21-8-7-17-10-21/h7-12H,3-6H2,1-2H3,(H,18,22). The predicted molar refractivity (Wildman–Crippen MR) is 86.2 cm³/mol. The Labute approximate surface area is 140 Å². The molecule has 0 spiro atoms. The number of amides is 1. The van der Waals surface area contributed by atoms with Gasteiger partial charge >= 0.3 is 0 Å². The summed E-state index contributed by atoms with van der Waals surface area (Å²) < 4.78 is 12.2. The van der Waals surface area contributed by atoms with Crippen molar-refractivity contribution in [2.24, 2.45) is 0 Å². The molecule has 3 rings (SSSR count). The summed E-state index contributed by atoms with van der Waals surface area (Å²) in [5.41, 5.74) is 0.277. The van der Waals surface area contributed by atoms with Gasteiger partial charge in [-0.1, -0.05) is 0 Å². The van der Waals surface area contributed by atoms with Crippen LogP contribution in [0.3, 0.4) is 0 Å². The Morgan fingerprint density at radius 2 is 2.04 bits per heavy atom. The smallest absolute Gasteiger partial charge is 0.270 e. The molecule has 0 unspecified atom stereocenters. The Hall–Kier alpha value is -2.48. The molecule has 128 valence electrons. The number of ether oxygens (including phenoxy) is 2. The molecule has 1 saturated carbocycles. The third-order valence-electron chi connectivity index (χ3n) is 4.21. The molecule has 2 aromatic heterocycles. The number of aromatic nitrogens is 4. The summed E-state index contributed by atoms with van der Waals surface area (Å²) in [4.78, 5) is 25.1. The van der Waals surface area contributed by atoms with Gasteiger partial charge in [0.25, 0.3) is 5.91 Å². The van der Waals surface area contributed by atoms with Crippen LogP contribution in [-0.4, -0.2) is 51.8 Å². The second-order valence-corrected chi connectivity index (χ2v) is 5.75. The first kappa shape index (κ1) is 16.4. The van der Waals surface area contributed by atoms with Crippen LogP contribution in [0.4, 0.5) is 0 Å². The highest BCUT2D eigenvalue weighted by molar-refractivity contribution is 5.92. The molecule has 1 amide bonds. The van der Waals surface area contributed by atoms with Gasteiger partial charge in [-0.25, -0.2) is 9.97 Å². The summed E-state index contributed by atoms with van der Waals surface area (Å²) in [6.07, 6.45) is 8.91. The maximum absolute atomic E-state index is 12.5. The minimum absolute atomic E-state index is 0.140. The monoisotopic (exact) mass is 331 g/mol. The molecule has 1 aliphatic carbocycles. The lowest BCUT2D eigenvalue weighted by Gasteiger charge is -2.28. The van der Waals surface area contributed by atoms with E-state index in [1.807, 2.05) is 0 Å². The van der Waals surface area contributed by atoms with Crippen molar-refractivity contribution in [2.75, 3.05) is 14.2 Å². The molecule has 0 bridgehead atoms. The normalized spacial score (nSPS) is 20.6. The van der Waals surface area contributed by atoms with E-state index >= 15 is 0 Å². The average Bonchev–Trinajstić information content (AvgIpc) is 3.16. The Morgan fingerprint density at radius 3 is 2.67 bits per heavy atom. The van der Waals surface area contributed by atoms with E-state index in [1.165, 1.54) is 13.2 Å². The number of nitrogens with one attached hydrogen (secondary N) is 1. The molecule has 0 aromatic carbocycles. The van der Waals surface area contributed by atoms with Crippen LogP contribution in [0.25, 0.3) is 5.95 Å². The molecule has 8 heteroatoms. The van der Waals surface area contributed by atoms with Crippen LogP contribution < -0.4 is 10.1 Å². The molecule has 0 saturated heterocycles. The highest BCUT2D eigenvalue weighted by atomic mass is 16.5. The van der Waals surface area contributed by atoms with E-state index in [1.54, 1.807) is 30.4 Å². The van der Waals surface area contributed by atoms with Crippen molar-refractivity contribution < 1.29 is 14.3 Å². The van der Waals surface area contributed by atoms with Gasteiger partial charge in [-0.3, -0.25) is 9.36 Å². The number of hydrogen-bond acceptors (Lipinski definition) is 6. The first-order chi connectivity index (χ1) is 11.7. The second-order valence-electron chi connectivity index (χ2n) is 5.75. The van der Waals surface area contributed by atoms with Crippen molar-refractivity contribution in [3.63, 3.8) is 0 Å². The molecule has 1 aliphatic rings. The van der Waals surface area contributed by atoms with E-state index in [0.717, 1.165) is 25.7 Å². The maximum atomic E-state index is 12.5. The summed E-state index contributed by atoms with van der Waals surface area (Å²) in [6, 6.07) is 1.68. The van der Waals surface area contributed by atoms with Crippen LogP contribution in [0.15, 0.2) is 24.8 Å². The fraction of sp³-hybridized carbons (Fsp3) is 0.500. The van der Waals surface area contributed by atoms with E-state index in [4.69, 9.17) is 9.47 Å². The van der Waals surface area contributed by atoms with Crippen LogP contribution in [0.2, 0.25) is 0 Å². The van der Waals surface area contributed by atoms with Gasteiger partial charge in [0, 0.05) is 31.6 Å². The number of hydrogen-bond donors (Lipinski definition) is 1. The highest BCUT2D eigenvalue weighted by Crippen LogP contribution is 2.21. The fourth-order valence-corrected chi connectivity index (χ4v) is 2.83. The lowest BCUT2D eigenvalue weighted by atomic mass is 9.93. The molecule has 24 heavy (non-hydrogen) atoms. The van der Waals surface area contributed by atoms with E-state index < -0.39 is 0 Å². The summed E-state index contributed by atoms with van der Waals surface area (Å²) >= 11 is 0. The van der Waals surface area contributed by atoms with Crippen LogP contribution in [0, 0.1) is 0 Å². The zero-order valence-corrected chi connectivity index (χ0v) is 13.8. The lowest BCUT2D eigenvalue weighted by molar-refractivity contribution is 0.0598. The third-order valence-corrected chi connectivity index (χ3v) is 4.21. The van der Waals surface area contributed by atoms with Gasteiger partial charge in [-0.15, -0.1) is 0 Å². The van der Waals surface area contributed by atoms with Gasteiger partial charge in [0.15, 0.2) is 0 Å². The van der Waals surface area contributed by atoms with Crippen molar-refractivity contribution in [1.29, 1.82) is 0 Å². The zero-order valence-electron chi connectivity index (χ0n) is 13.8. The zero-order chi connectivity index (χ0) is 16.9. The Balaban J connectivity index is 1.73. The van der Waals surface area contributed by atoms with Gasteiger partial charge in [-0.2, -0.15) is 4.98 Å². The van der Waals surface area contributed by atoms with Crippen molar-refractivity contribution >= 4 is 5.91 Å². The first-order valence-corrected chi connectivity index (χ1v) is 7.94. The summed E-state index contributed by atoms with van der Waals surface area (Å²) in [6.45, 7) is 0. The molecule has 1 N–H and O–H groups in total. The molecule has 2 heterocycles. The third kappa shape index (κ3) is 3.70. The minimum Gasteiger partial charge on any atom is -0.481 e. The number of imidazole rings is 1. The number of carbonyl (C=O) groups excluding carboxylic acids is 1. The fourth-order valence-electron chi connectivity index (χ4n) is 2.83. The summed E-state index contributed by atoms with van der Waals surface area (Å²) in [7, 11) is 3.24. The molecular formula is C16H21N5O3. The van der Waals surface area contributed by atoms with E-state index in [0.29, 0.717) is 17.9 Å². The second kappa shape index (κ2) is 7.39. The van der Waals surface area contributed by atoms with Crippen LogP contribution >= 0.6 is 0 Å². The van der Waals surface area contributed by atoms with Crippen molar-refractivity contribution in [3.8, 4) is 11.8 Å². The maximum Gasteiger partial charge on any atom is 0.270 e. The predicted octanol–water partition coefficient (Wildman–Crippen LogP) is 1.36. The molecule has 2 aromatic rings. The Morgan fingerprint density at radius 1 is 1.25 bits per heavy atom. The van der Waals surface area contributed by atoms with E-state index in [9.17, 15) is 4.79 Å². The molecule has 0 atom stereocenters. The van der Waals surface area contributed by atoms with Crippen LogP contribution in [-0.2, 0) is 4.74 Å². The number of carbonyl (C=O) groups is 1. The van der Waals surface area contributed by atoms with Gasteiger partial charge in [0.1, 0.15) is 12.0 Å². The van der Waals surface area contributed by atoms with Gasteiger partial charge in [-0.05, 0) is 25.7 Å². The number of methoxy groups -OCH3 is 2. The molecule has 0 radical (unpaired) electrons. The topological polar surface area (TPSA) is 91.2 Å². The number of rotatable bonds is 5. The van der Waals surface area contributed by atoms with E-state index in [-0.39, 0.29) is 17.6 Å². The quantitative estimate of drug-likeness (QED) is 0.889. The number of nitrogens with zero attached hydrogens (tertiary/aromatic N) is 4. The molecule has 0 aliphatic heterocycles. The molecule has 1 fully saturated rings. The van der Waals surface area contributed by atoms with Crippen molar-refractivity contribution in [1.82, 2.24) is 24.8 Å².